The van der Waals surface area contributed by atoms with Gasteiger partial charge < -0.3 is 10.2 Å². The average molecular weight is 288 g/mol. The largest absolute Gasteiger partial charge is 0.386 e. The fourth-order valence-corrected chi connectivity index (χ4v) is 2.61. The van der Waals surface area contributed by atoms with Crippen molar-refractivity contribution < 1.29 is 0 Å². The lowest BCUT2D eigenvalue weighted by Crippen LogP contribution is -2.33. The van der Waals surface area contributed by atoms with E-state index in [1.165, 1.54) is 24.1 Å². The molecule has 0 fully saturated rings. The Morgan fingerprint density at radius 2 is 1.95 bits per heavy atom. The third-order valence-corrected chi connectivity index (χ3v) is 4.17. The summed E-state index contributed by atoms with van der Waals surface area (Å²) >= 11 is 0. The Balaban J connectivity index is 2.37. The van der Waals surface area contributed by atoms with Crippen LogP contribution < -0.4 is 5.32 Å². The van der Waals surface area contributed by atoms with E-state index in [9.17, 15) is 0 Å². The van der Waals surface area contributed by atoms with E-state index in [0.717, 1.165) is 13.1 Å². The van der Waals surface area contributed by atoms with Gasteiger partial charge in [-0.2, -0.15) is 0 Å². The highest BCUT2D eigenvalue weighted by atomic mass is 15.1. The van der Waals surface area contributed by atoms with Gasteiger partial charge in [0.2, 0.25) is 0 Å². The molecule has 1 rings (SSSR count). The van der Waals surface area contributed by atoms with Gasteiger partial charge in [-0.1, -0.05) is 50.3 Å². The van der Waals surface area contributed by atoms with Crippen molar-refractivity contribution >= 4 is 0 Å². The number of nitrogens with one attached hydrogen (secondary N) is 1. The molecule has 21 heavy (non-hydrogen) atoms. The Morgan fingerprint density at radius 1 is 1.29 bits per heavy atom. The van der Waals surface area contributed by atoms with Crippen LogP contribution >= 0.6 is 0 Å². The molecule has 0 aromatic heterocycles. The van der Waals surface area contributed by atoms with E-state index in [4.69, 9.17) is 0 Å². The topological polar surface area (TPSA) is 15.3 Å². The predicted molar refractivity (Wildman–Crippen MR) is 93.6 cm³/mol. The maximum atomic E-state index is 3.59. The molecule has 118 valence electrons. The van der Waals surface area contributed by atoms with Crippen LogP contribution in [0, 0.1) is 0 Å². The van der Waals surface area contributed by atoms with Crippen molar-refractivity contribution in [2.45, 2.75) is 52.5 Å². The zero-order valence-corrected chi connectivity index (χ0v) is 14.4. The molecule has 0 bridgehead atoms. The van der Waals surface area contributed by atoms with Crippen LogP contribution in [-0.4, -0.2) is 31.1 Å². The van der Waals surface area contributed by atoms with Crippen LogP contribution in [0.1, 0.15) is 52.0 Å². The summed E-state index contributed by atoms with van der Waals surface area (Å²) in [6.07, 6.45) is 4.51. The number of hydrogen-bond donors (Lipinski definition) is 1. The lowest BCUT2D eigenvalue weighted by atomic mass is 10.0. The number of hydrogen-bond acceptors (Lipinski definition) is 2. The lowest BCUT2D eigenvalue weighted by molar-refractivity contribution is 0.294. The van der Waals surface area contributed by atoms with Gasteiger partial charge in [0.1, 0.15) is 0 Å². The van der Waals surface area contributed by atoms with Crippen LogP contribution in [0.15, 0.2) is 42.1 Å². The molecule has 0 heterocycles. The highest BCUT2D eigenvalue weighted by Gasteiger charge is 2.11. The fraction of sp³-hybridized carbons (Fsp3) is 0.579. The van der Waals surface area contributed by atoms with Crippen molar-refractivity contribution in [1.82, 2.24) is 10.2 Å². The Kier molecular flexibility index (Phi) is 8.14. The molecule has 0 amide bonds. The van der Waals surface area contributed by atoms with Gasteiger partial charge in [0.25, 0.3) is 0 Å². The zero-order chi connectivity index (χ0) is 15.7. The molecule has 2 unspecified atom stereocenters. The maximum Gasteiger partial charge on any atom is 0.0267 e. The summed E-state index contributed by atoms with van der Waals surface area (Å²) in [5, 5.41) is 3.59. The molecular formula is C19H32N2. The Bertz CT molecular complexity index is 411. The fourth-order valence-electron chi connectivity index (χ4n) is 2.61. The van der Waals surface area contributed by atoms with Gasteiger partial charge in [-0.3, -0.25) is 0 Å². The molecule has 2 atom stereocenters. The van der Waals surface area contributed by atoms with Gasteiger partial charge in [-0.25, -0.2) is 0 Å². The SMILES string of the molecule is C/C=C(\C)NC(CC)CCN(C)CC(C)c1ccccc1. The summed E-state index contributed by atoms with van der Waals surface area (Å²) in [5.41, 5.74) is 2.71. The van der Waals surface area contributed by atoms with E-state index in [-0.39, 0.29) is 0 Å². The molecule has 0 spiro atoms. The first-order chi connectivity index (χ1) is 10.1. The lowest BCUT2D eigenvalue weighted by Gasteiger charge is -2.25. The minimum atomic E-state index is 0.579. The molecular weight excluding hydrogens is 256 g/mol. The molecule has 1 aromatic carbocycles. The average Bonchev–Trinajstić information content (AvgIpc) is 2.51. The standard InChI is InChI=1S/C19H32N2/c1-6-17(4)20-19(7-2)13-14-21(5)15-16(3)18-11-9-8-10-12-18/h6,8-12,16,19-20H,7,13-15H2,1-5H3/b17-6+. The zero-order valence-electron chi connectivity index (χ0n) is 14.4. The highest BCUT2D eigenvalue weighted by molar-refractivity contribution is 5.18. The minimum Gasteiger partial charge on any atom is -0.386 e. The Morgan fingerprint density at radius 3 is 2.52 bits per heavy atom. The summed E-state index contributed by atoms with van der Waals surface area (Å²) in [6.45, 7) is 11.0. The summed E-state index contributed by atoms with van der Waals surface area (Å²) < 4.78 is 0. The monoisotopic (exact) mass is 288 g/mol. The molecule has 0 saturated carbocycles. The predicted octanol–water partition coefficient (Wildman–Crippen LogP) is 4.40. The van der Waals surface area contributed by atoms with Gasteiger partial charge in [0, 0.05) is 18.3 Å². The number of likely N-dealkylation sites (N-methyl/N-ethyl adjacent to an activating group) is 1. The number of allylic oxidation sites excluding steroid dienone is 2. The first-order valence-corrected chi connectivity index (χ1v) is 8.19. The molecule has 0 aliphatic heterocycles. The molecule has 0 aliphatic rings. The normalized spacial score (nSPS) is 15.0. The summed E-state index contributed by atoms with van der Waals surface area (Å²) in [7, 11) is 2.23. The molecule has 2 heteroatoms. The summed E-state index contributed by atoms with van der Waals surface area (Å²) in [6, 6.07) is 11.4. The maximum absolute atomic E-state index is 3.59. The Labute approximate surface area is 131 Å². The van der Waals surface area contributed by atoms with E-state index >= 15 is 0 Å². The number of benzene rings is 1. The van der Waals surface area contributed by atoms with Crippen LogP contribution in [0.2, 0.25) is 0 Å². The van der Waals surface area contributed by atoms with Gasteiger partial charge in [0.15, 0.2) is 0 Å². The molecule has 1 N–H and O–H groups in total. The van der Waals surface area contributed by atoms with E-state index in [1.54, 1.807) is 0 Å². The molecule has 0 aliphatic carbocycles. The molecule has 0 radical (unpaired) electrons. The molecule has 1 aromatic rings. The summed E-state index contributed by atoms with van der Waals surface area (Å²) in [4.78, 5) is 2.45. The van der Waals surface area contributed by atoms with E-state index in [1.807, 2.05) is 0 Å². The Hall–Kier alpha value is -1.28. The highest BCUT2D eigenvalue weighted by Crippen LogP contribution is 2.15. The first-order valence-electron chi connectivity index (χ1n) is 8.19. The molecule has 0 saturated heterocycles. The van der Waals surface area contributed by atoms with Crippen LogP contribution in [0.5, 0.6) is 0 Å². The third kappa shape index (κ3) is 6.81. The van der Waals surface area contributed by atoms with Crippen molar-refractivity contribution in [1.29, 1.82) is 0 Å². The van der Waals surface area contributed by atoms with E-state index in [0.29, 0.717) is 12.0 Å². The van der Waals surface area contributed by atoms with Crippen LogP contribution in [0.4, 0.5) is 0 Å². The van der Waals surface area contributed by atoms with Crippen molar-refractivity contribution in [3.8, 4) is 0 Å². The van der Waals surface area contributed by atoms with Crippen LogP contribution in [-0.2, 0) is 0 Å². The minimum absolute atomic E-state index is 0.579. The third-order valence-electron chi connectivity index (χ3n) is 4.17. The van der Waals surface area contributed by atoms with Gasteiger partial charge in [-0.15, -0.1) is 0 Å². The van der Waals surface area contributed by atoms with Crippen LogP contribution in [0.25, 0.3) is 0 Å². The quantitative estimate of drug-likeness (QED) is 0.724. The van der Waals surface area contributed by atoms with Crippen molar-refractivity contribution in [3.63, 3.8) is 0 Å². The number of rotatable bonds is 9. The number of nitrogens with zero attached hydrogens (tertiary/aromatic N) is 1. The smallest absolute Gasteiger partial charge is 0.0267 e. The van der Waals surface area contributed by atoms with Crippen molar-refractivity contribution in [2.24, 2.45) is 0 Å². The van der Waals surface area contributed by atoms with Crippen molar-refractivity contribution in [2.75, 3.05) is 20.1 Å². The van der Waals surface area contributed by atoms with E-state index in [2.05, 4.69) is 81.4 Å². The summed E-state index contributed by atoms with van der Waals surface area (Å²) in [5.74, 6) is 0.585. The first kappa shape index (κ1) is 17.8. The molecule has 2 nitrogen and oxygen atoms in total. The second-order valence-corrected chi connectivity index (χ2v) is 6.08. The second-order valence-electron chi connectivity index (χ2n) is 6.08. The van der Waals surface area contributed by atoms with Crippen LogP contribution in [0.3, 0.4) is 0 Å². The van der Waals surface area contributed by atoms with Gasteiger partial charge in [-0.05, 0) is 51.8 Å². The van der Waals surface area contributed by atoms with E-state index < -0.39 is 0 Å². The van der Waals surface area contributed by atoms with Crippen molar-refractivity contribution in [3.05, 3.63) is 47.7 Å². The second kappa shape index (κ2) is 9.62. The van der Waals surface area contributed by atoms with Gasteiger partial charge in [0.05, 0.1) is 0 Å². The van der Waals surface area contributed by atoms with Gasteiger partial charge >= 0.3 is 0 Å².